The molecule has 0 saturated heterocycles. The molecular formula is C31H46N4O. The lowest BCUT2D eigenvalue weighted by Crippen LogP contribution is -2.11. The van der Waals surface area contributed by atoms with Crippen molar-refractivity contribution < 1.29 is 4.79 Å². The molecule has 0 aliphatic carbocycles. The van der Waals surface area contributed by atoms with Crippen LogP contribution >= 0.6 is 0 Å². The van der Waals surface area contributed by atoms with Crippen molar-refractivity contribution in [2.45, 2.75) is 117 Å². The number of unbranched alkanes of at least 4 members (excludes halogenated alkanes) is 14. The molecule has 3 aromatic rings. The molecule has 1 N–H and O–H groups in total. The number of hydrogen-bond donors (Lipinski definition) is 1. The van der Waals surface area contributed by atoms with E-state index in [2.05, 4.69) is 22.3 Å². The molecule has 0 fully saturated rings. The van der Waals surface area contributed by atoms with Gasteiger partial charge in [0.2, 0.25) is 5.91 Å². The molecule has 0 unspecified atom stereocenters. The molecule has 0 bridgehead atoms. The van der Waals surface area contributed by atoms with Gasteiger partial charge in [-0.2, -0.15) is 5.10 Å². The zero-order chi connectivity index (χ0) is 25.4. The van der Waals surface area contributed by atoms with E-state index in [9.17, 15) is 4.79 Å². The van der Waals surface area contributed by atoms with Crippen LogP contribution in [0.4, 0.5) is 5.69 Å². The van der Waals surface area contributed by atoms with E-state index in [1.165, 1.54) is 83.5 Å². The highest BCUT2D eigenvalue weighted by atomic mass is 16.1. The largest absolute Gasteiger partial charge is 0.325 e. The summed E-state index contributed by atoms with van der Waals surface area (Å²) in [7, 11) is 0. The van der Waals surface area contributed by atoms with Crippen LogP contribution in [0.25, 0.3) is 16.7 Å². The molecule has 2 heterocycles. The van der Waals surface area contributed by atoms with Gasteiger partial charge in [-0.1, -0.05) is 115 Å². The Hall–Kier alpha value is -2.69. The highest BCUT2D eigenvalue weighted by Gasteiger charge is 2.12. The third-order valence-corrected chi connectivity index (χ3v) is 7.00. The van der Waals surface area contributed by atoms with Crippen molar-refractivity contribution in [1.82, 2.24) is 14.8 Å². The number of aromatic nitrogens is 3. The van der Waals surface area contributed by atoms with Crippen LogP contribution in [0.1, 0.15) is 115 Å². The minimum absolute atomic E-state index is 0.0685. The van der Waals surface area contributed by atoms with Crippen LogP contribution in [0.2, 0.25) is 0 Å². The lowest BCUT2D eigenvalue weighted by molar-refractivity contribution is -0.116. The number of benzene rings is 1. The van der Waals surface area contributed by atoms with Gasteiger partial charge in [0.15, 0.2) is 5.65 Å². The first-order valence-corrected chi connectivity index (χ1v) is 14.4. The molecule has 5 nitrogen and oxygen atoms in total. The molecule has 0 saturated carbocycles. The van der Waals surface area contributed by atoms with Crippen LogP contribution in [-0.2, 0) is 4.79 Å². The van der Waals surface area contributed by atoms with Crippen LogP contribution in [0.5, 0.6) is 0 Å². The minimum Gasteiger partial charge on any atom is -0.325 e. The molecule has 1 amide bonds. The molecule has 1 aromatic carbocycles. The van der Waals surface area contributed by atoms with Gasteiger partial charge >= 0.3 is 0 Å². The van der Waals surface area contributed by atoms with Gasteiger partial charge in [0.25, 0.3) is 0 Å². The van der Waals surface area contributed by atoms with Crippen LogP contribution in [0.3, 0.4) is 0 Å². The van der Waals surface area contributed by atoms with Gasteiger partial charge in [0, 0.05) is 11.8 Å². The maximum atomic E-state index is 12.4. The van der Waals surface area contributed by atoms with Gasteiger partial charge in [-0.15, -0.1) is 0 Å². The number of amides is 1. The van der Waals surface area contributed by atoms with Crippen molar-refractivity contribution in [1.29, 1.82) is 0 Å². The quantitative estimate of drug-likeness (QED) is 0.181. The number of nitrogens with zero attached hydrogens (tertiary/aromatic N) is 3. The lowest BCUT2D eigenvalue weighted by Gasteiger charge is -2.06. The average Bonchev–Trinajstić information content (AvgIpc) is 3.22. The summed E-state index contributed by atoms with van der Waals surface area (Å²) < 4.78 is 1.85. The summed E-state index contributed by atoms with van der Waals surface area (Å²) in [5.74, 6) is 0.0685. The monoisotopic (exact) mass is 490 g/mol. The Bertz CT molecular complexity index is 1030. The number of hydrogen-bond acceptors (Lipinski definition) is 3. The molecule has 36 heavy (non-hydrogen) atoms. The minimum atomic E-state index is 0.0685. The van der Waals surface area contributed by atoms with Crippen molar-refractivity contribution in [2.75, 3.05) is 5.32 Å². The zero-order valence-corrected chi connectivity index (χ0v) is 22.6. The molecule has 0 aliphatic rings. The van der Waals surface area contributed by atoms with E-state index in [-0.39, 0.29) is 5.91 Å². The fraction of sp³-hybridized carbons (Fsp3) is 0.581. The van der Waals surface area contributed by atoms with Gasteiger partial charge in [0.05, 0.1) is 23.3 Å². The van der Waals surface area contributed by atoms with Gasteiger partial charge in [-0.05, 0) is 31.5 Å². The molecule has 0 aliphatic heterocycles. The number of aryl methyl sites for hydroxylation is 1. The fourth-order valence-electron chi connectivity index (χ4n) is 4.84. The first-order chi connectivity index (χ1) is 17.7. The number of carbonyl (C=O) groups excluding carboxylic acids is 1. The Morgan fingerprint density at radius 1 is 0.806 bits per heavy atom. The van der Waals surface area contributed by atoms with E-state index in [1.54, 1.807) is 6.20 Å². The highest BCUT2D eigenvalue weighted by molar-refractivity contribution is 5.93. The average molecular weight is 491 g/mol. The molecule has 2 aromatic heterocycles. The summed E-state index contributed by atoms with van der Waals surface area (Å²) in [4.78, 5) is 17.0. The number of carbonyl (C=O) groups is 1. The third-order valence-electron chi connectivity index (χ3n) is 7.00. The van der Waals surface area contributed by atoms with Crippen LogP contribution in [0.15, 0.2) is 42.6 Å². The summed E-state index contributed by atoms with van der Waals surface area (Å²) in [6, 6.07) is 12.0. The second kappa shape index (κ2) is 16.1. The smallest absolute Gasteiger partial charge is 0.224 e. The van der Waals surface area contributed by atoms with Gasteiger partial charge in [-0.25, -0.2) is 9.67 Å². The van der Waals surface area contributed by atoms with Gasteiger partial charge in [0.1, 0.15) is 0 Å². The Morgan fingerprint density at radius 3 is 1.94 bits per heavy atom. The van der Waals surface area contributed by atoms with Crippen molar-refractivity contribution in [3.63, 3.8) is 0 Å². The Kier molecular flexibility index (Phi) is 12.5. The maximum Gasteiger partial charge on any atom is 0.224 e. The summed E-state index contributed by atoms with van der Waals surface area (Å²) in [5.41, 5.74) is 3.43. The van der Waals surface area contributed by atoms with Crippen LogP contribution in [0, 0.1) is 6.92 Å². The normalized spacial score (nSPS) is 11.3. The van der Waals surface area contributed by atoms with Gasteiger partial charge < -0.3 is 5.32 Å². The third kappa shape index (κ3) is 9.40. The van der Waals surface area contributed by atoms with E-state index in [4.69, 9.17) is 0 Å². The first-order valence-electron chi connectivity index (χ1n) is 14.4. The summed E-state index contributed by atoms with van der Waals surface area (Å²) >= 11 is 0. The summed E-state index contributed by atoms with van der Waals surface area (Å²) in [5, 5.41) is 8.63. The standard InChI is InChI=1S/C31H46N4O/c1-3-4-5-6-7-8-9-10-11-12-13-14-15-16-20-23-30(36)33-27-24-29-26(2)34-35(31(29)32-25-27)28-21-18-17-19-22-28/h17-19,21-22,24-25H,3-16,20,23H2,1-2H3,(H,33,36). The Labute approximate surface area is 218 Å². The molecular weight excluding hydrogens is 444 g/mol. The SMILES string of the molecule is CCCCCCCCCCCCCCCCCC(=O)Nc1cnc2c(c1)c(C)nn2-c1ccccc1. The number of nitrogens with one attached hydrogen (secondary N) is 1. The molecule has 5 heteroatoms. The Balaban J connectivity index is 1.25. The molecule has 0 atom stereocenters. The predicted molar refractivity (Wildman–Crippen MR) is 152 cm³/mol. The van der Waals surface area contributed by atoms with E-state index in [0.717, 1.165) is 40.9 Å². The van der Waals surface area contributed by atoms with Crippen molar-refractivity contribution in [2.24, 2.45) is 0 Å². The van der Waals surface area contributed by atoms with E-state index in [1.807, 2.05) is 48.0 Å². The molecule has 3 rings (SSSR count). The second-order valence-corrected chi connectivity index (χ2v) is 10.2. The van der Waals surface area contributed by atoms with E-state index < -0.39 is 0 Å². The highest BCUT2D eigenvalue weighted by Crippen LogP contribution is 2.23. The van der Waals surface area contributed by atoms with E-state index in [0.29, 0.717) is 6.42 Å². The Morgan fingerprint density at radius 2 is 1.36 bits per heavy atom. The predicted octanol–water partition coefficient (Wildman–Crippen LogP) is 8.93. The van der Waals surface area contributed by atoms with Crippen molar-refractivity contribution in [3.8, 4) is 5.69 Å². The number of rotatable bonds is 18. The molecule has 0 spiro atoms. The first kappa shape index (κ1) is 27.9. The lowest BCUT2D eigenvalue weighted by atomic mass is 10.0. The van der Waals surface area contributed by atoms with Gasteiger partial charge in [-0.3, -0.25) is 4.79 Å². The number of para-hydroxylation sites is 1. The zero-order valence-electron chi connectivity index (χ0n) is 22.6. The number of fused-ring (bicyclic) bond motifs is 1. The maximum absolute atomic E-state index is 12.4. The van der Waals surface area contributed by atoms with E-state index >= 15 is 0 Å². The molecule has 196 valence electrons. The van der Waals surface area contributed by atoms with Crippen LogP contribution < -0.4 is 5.32 Å². The molecule has 0 radical (unpaired) electrons. The van der Waals surface area contributed by atoms with Crippen molar-refractivity contribution in [3.05, 3.63) is 48.3 Å². The summed E-state index contributed by atoms with van der Waals surface area (Å²) in [6.07, 6.45) is 22.3. The number of anilines is 1. The topological polar surface area (TPSA) is 59.8 Å². The summed E-state index contributed by atoms with van der Waals surface area (Å²) in [6.45, 7) is 4.26. The fourth-order valence-corrected chi connectivity index (χ4v) is 4.84. The number of pyridine rings is 1. The van der Waals surface area contributed by atoms with Crippen LogP contribution in [-0.4, -0.2) is 20.7 Å². The van der Waals surface area contributed by atoms with Crippen molar-refractivity contribution >= 4 is 22.6 Å². The second-order valence-electron chi connectivity index (χ2n) is 10.2.